The van der Waals surface area contributed by atoms with E-state index in [1.807, 2.05) is 60.7 Å². The van der Waals surface area contributed by atoms with Crippen LogP contribution in [0.3, 0.4) is 0 Å². The first-order valence-corrected chi connectivity index (χ1v) is 10.4. The van der Waals surface area contributed by atoms with Crippen molar-refractivity contribution in [3.05, 3.63) is 111 Å². The average Bonchev–Trinajstić information content (AvgIpc) is 3.05. The summed E-state index contributed by atoms with van der Waals surface area (Å²) in [6.45, 7) is 0. The number of pyridine rings is 1. The molecule has 0 fully saturated rings. The van der Waals surface area contributed by atoms with Crippen molar-refractivity contribution in [2.24, 2.45) is 0 Å². The highest BCUT2D eigenvalue weighted by Gasteiger charge is 2.41. The highest BCUT2D eigenvalue weighted by molar-refractivity contribution is 6.35. The number of anilines is 1. The van der Waals surface area contributed by atoms with Crippen molar-refractivity contribution in [1.29, 1.82) is 0 Å². The number of Topliss-reactive ketones (excluding diaryl/α,β-unsaturated/α-hetero) is 1. The molecule has 0 saturated carbocycles. The van der Waals surface area contributed by atoms with Gasteiger partial charge in [0.2, 0.25) is 0 Å². The van der Waals surface area contributed by atoms with Crippen molar-refractivity contribution in [3.63, 3.8) is 0 Å². The van der Waals surface area contributed by atoms with Crippen molar-refractivity contribution in [2.75, 3.05) is 5.32 Å². The third-order valence-electron chi connectivity index (χ3n) is 5.89. The van der Waals surface area contributed by atoms with Gasteiger partial charge in [0.25, 0.3) is 0 Å². The van der Waals surface area contributed by atoms with Crippen LogP contribution in [0, 0.1) is 0 Å². The summed E-state index contributed by atoms with van der Waals surface area (Å²) in [5.74, 6) is -0.301. The molecule has 1 aliphatic carbocycles. The summed E-state index contributed by atoms with van der Waals surface area (Å²) in [7, 11) is 0. The molecule has 6 rings (SSSR count). The fraction of sp³-hybridized carbons (Fsp3) is 0.0400. The minimum absolute atomic E-state index is 0.0238. The zero-order valence-electron chi connectivity index (χ0n) is 15.6. The van der Waals surface area contributed by atoms with Gasteiger partial charge in [-0.2, -0.15) is 0 Å². The Morgan fingerprint density at radius 1 is 0.900 bits per heavy atom. The zero-order valence-corrected chi connectivity index (χ0v) is 17.1. The summed E-state index contributed by atoms with van der Waals surface area (Å²) >= 11 is 12.9. The van der Waals surface area contributed by atoms with Crippen LogP contribution in [0.2, 0.25) is 10.0 Å². The summed E-state index contributed by atoms with van der Waals surface area (Å²) in [6.07, 6.45) is 1.77. The Kier molecular flexibility index (Phi) is 3.79. The van der Waals surface area contributed by atoms with Crippen LogP contribution in [0.1, 0.15) is 33.0 Å². The third-order valence-corrected chi connectivity index (χ3v) is 6.45. The summed E-state index contributed by atoms with van der Waals surface area (Å²) in [5.41, 5.74) is 6.88. The van der Waals surface area contributed by atoms with Crippen LogP contribution >= 0.6 is 23.2 Å². The van der Waals surface area contributed by atoms with Crippen LogP contribution in [0.5, 0.6) is 0 Å². The van der Waals surface area contributed by atoms with Gasteiger partial charge in [0.05, 0.1) is 11.2 Å². The number of ketones is 1. The van der Waals surface area contributed by atoms with Crippen molar-refractivity contribution in [3.8, 4) is 0 Å². The fourth-order valence-corrected chi connectivity index (χ4v) is 5.15. The molecule has 1 aliphatic heterocycles. The Labute approximate surface area is 183 Å². The molecule has 1 N–H and O–H groups in total. The van der Waals surface area contributed by atoms with Crippen molar-refractivity contribution in [2.45, 2.75) is 5.92 Å². The monoisotopic (exact) mass is 428 g/mol. The van der Waals surface area contributed by atoms with Crippen molar-refractivity contribution in [1.82, 2.24) is 4.98 Å². The van der Waals surface area contributed by atoms with Crippen LogP contribution in [0.25, 0.3) is 16.6 Å². The average molecular weight is 429 g/mol. The van der Waals surface area contributed by atoms with Crippen LogP contribution in [-0.4, -0.2) is 10.8 Å². The Morgan fingerprint density at radius 3 is 2.57 bits per heavy atom. The molecule has 3 aromatic carbocycles. The summed E-state index contributed by atoms with van der Waals surface area (Å²) in [6, 6.07) is 21.2. The first kappa shape index (κ1) is 17.7. The first-order valence-electron chi connectivity index (χ1n) is 9.61. The lowest BCUT2D eigenvalue weighted by Gasteiger charge is -2.30. The van der Waals surface area contributed by atoms with E-state index in [1.165, 1.54) is 0 Å². The normalized spacial score (nSPS) is 16.9. The zero-order chi connectivity index (χ0) is 20.4. The number of benzene rings is 3. The number of carbonyl (C=O) groups excluding carboxylic acids is 1. The molecular weight excluding hydrogens is 415 g/mol. The Balaban J connectivity index is 1.71. The number of nitrogens with zero attached hydrogens (tertiary/aromatic N) is 1. The number of fused-ring (bicyclic) bond motifs is 5. The second-order valence-electron chi connectivity index (χ2n) is 7.48. The predicted octanol–water partition coefficient (Wildman–Crippen LogP) is 6.71. The third kappa shape index (κ3) is 2.40. The van der Waals surface area contributed by atoms with E-state index in [0.29, 0.717) is 21.2 Å². The van der Waals surface area contributed by atoms with Gasteiger partial charge in [0.1, 0.15) is 0 Å². The number of rotatable bonds is 1. The molecule has 0 amide bonds. The molecule has 1 unspecified atom stereocenters. The van der Waals surface area contributed by atoms with Crippen LogP contribution in [-0.2, 0) is 0 Å². The van der Waals surface area contributed by atoms with Gasteiger partial charge in [-0.1, -0.05) is 59.6 Å². The molecule has 0 saturated heterocycles. The molecule has 4 aromatic rings. The Morgan fingerprint density at radius 2 is 1.73 bits per heavy atom. The summed E-state index contributed by atoms with van der Waals surface area (Å²) in [5, 5.41) is 5.63. The van der Waals surface area contributed by atoms with Crippen LogP contribution in [0.15, 0.2) is 78.5 Å². The number of hydrogen-bond donors (Lipinski definition) is 1. The van der Waals surface area contributed by atoms with Gasteiger partial charge >= 0.3 is 0 Å². The van der Waals surface area contributed by atoms with Gasteiger partial charge < -0.3 is 5.32 Å². The number of halogens is 2. The highest BCUT2D eigenvalue weighted by Crippen LogP contribution is 2.52. The summed E-state index contributed by atoms with van der Waals surface area (Å²) < 4.78 is 0. The van der Waals surface area contributed by atoms with Crippen molar-refractivity contribution < 1.29 is 4.79 Å². The minimum atomic E-state index is -0.325. The number of allylic oxidation sites excluding steroid dienone is 1. The van der Waals surface area contributed by atoms with Gasteiger partial charge in [0.15, 0.2) is 5.78 Å². The van der Waals surface area contributed by atoms with E-state index in [9.17, 15) is 4.79 Å². The molecule has 2 aliphatic rings. The molecule has 0 spiro atoms. The van der Waals surface area contributed by atoms with Crippen molar-refractivity contribution >= 4 is 51.3 Å². The maximum absolute atomic E-state index is 13.6. The molecule has 144 valence electrons. The number of hydrogen-bond acceptors (Lipinski definition) is 3. The molecule has 2 heterocycles. The summed E-state index contributed by atoms with van der Waals surface area (Å²) in [4.78, 5) is 18.1. The van der Waals surface area contributed by atoms with Gasteiger partial charge in [-0.05, 0) is 41.5 Å². The standard InChI is InChI=1S/C25H14Cl2N2O/c26-13-7-8-16(18(27)12-13)22-21-17-6-3-11-28-19(17)9-10-20(21)29-24-14-4-1-2-5-15(14)25(30)23(22)24/h1-12,22,29H. The molecule has 5 heteroatoms. The lowest BCUT2D eigenvalue weighted by Crippen LogP contribution is -2.19. The smallest absolute Gasteiger partial charge is 0.192 e. The van der Waals surface area contributed by atoms with E-state index in [2.05, 4.69) is 10.3 Å². The maximum atomic E-state index is 13.6. The second kappa shape index (κ2) is 6.43. The highest BCUT2D eigenvalue weighted by atomic mass is 35.5. The van der Waals surface area contributed by atoms with Gasteiger partial charge in [0, 0.05) is 49.9 Å². The number of carbonyl (C=O) groups is 1. The topological polar surface area (TPSA) is 42.0 Å². The first-order chi connectivity index (χ1) is 14.6. The Bertz CT molecular complexity index is 1420. The molecule has 1 atom stereocenters. The van der Waals surface area contributed by atoms with Gasteiger partial charge in [-0.3, -0.25) is 9.78 Å². The van der Waals surface area contributed by atoms with E-state index in [0.717, 1.165) is 39.0 Å². The number of nitrogens with one attached hydrogen (secondary N) is 1. The van der Waals surface area contributed by atoms with Gasteiger partial charge in [-0.25, -0.2) is 0 Å². The van der Waals surface area contributed by atoms with E-state index in [-0.39, 0.29) is 11.7 Å². The number of aromatic nitrogens is 1. The largest absolute Gasteiger partial charge is 0.354 e. The van der Waals surface area contributed by atoms with E-state index in [4.69, 9.17) is 23.2 Å². The van der Waals surface area contributed by atoms with E-state index < -0.39 is 0 Å². The lowest BCUT2D eigenvalue weighted by molar-refractivity contribution is 0.103. The van der Waals surface area contributed by atoms with E-state index in [1.54, 1.807) is 12.3 Å². The van der Waals surface area contributed by atoms with E-state index >= 15 is 0 Å². The molecule has 0 bridgehead atoms. The lowest BCUT2D eigenvalue weighted by atomic mass is 9.78. The van der Waals surface area contributed by atoms with Gasteiger partial charge in [-0.15, -0.1) is 0 Å². The quantitative estimate of drug-likeness (QED) is 0.366. The SMILES string of the molecule is O=C1C2=C(Nc3ccc4ncccc4c3C2c2ccc(Cl)cc2Cl)c2ccccc21. The molecule has 3 nitrogen and oxygen atoms in total. The fourth-order valence-electron chi connectivity index (χ4n) is 4.63. The maximum Gasteiger partial charge on any atom is 0.192 e. The molecule has 30 heavy (non-hydrogen) atoms. The molecule has 1 aromatic heterocycles. The molecule has 0 radical (unpaired) electrons. The van der Waals surface area contributed by atoms with Crippen LogP contribution in [0.4, 0.5) is 5.69 Å². The predicted molar refractivity (Wildman–Crippen MR) is 121 cm³/mol. The minimum Gasteiger partial charge on any atom is -0.354 e. The molecular formula is C25H14Cl2N2O. The second-order valence-corrected chi connectivity index (χ2v) is 8.33. The Hall–Kier alpha value is -3.14. The van der Waals surface area contributed by atoms with Crippen LogP contribution < -0.4 is 5.32 Å².